The Morgan fingerprint density at radius 2 is 2.06 bits per heavy atom. The lowest BCUT2D eigenvalue weighted by atomic mass is 9.92. The third kappa shape index (κ3) is 2.08. The summed E-state index contributed by atoms with van der Waals surface area (Å²) in [6.07, 6.45) is 1.60. The van der Waals surface area contributed by atoms with Gasteiger partial charge in [0.25, 0.3) is 0 Å². The van der Waals surface area contributed by atoms with Crippen LogP contribution in [0.2, 0.25) is 0 Å². The van der Waals surface area contributed by atoms with Crippen LogP contribution in [0.1, 0.15) is 18.2 Å². The van der Waals surface area contributed by atoms with Gasteiger partial charge < -0.3 is 5.73 Å². The van der Waals surface area contributed by atoms with Gasteiger partial charge in [-0.15, -0.1) is 0 Å². The van der Waals surface area contributed by atoms with Crippen LogP contribution in [0.4, 0.5) is 4.39 Å². The summed E-state index contributed by atoms with van der Waals surface area (Å²) in [4.78, 5) is 0. The Balaban J connectivity index is 2.60. The highest BCUT2D eigenvalue weighted by Gasteiger charge is 2.37. The molecule has 2 rings (SSSR count). The molecule has 0 radical (unpaired) electrons. The fraction of sp³-hybridized carbons (Fsp3) is 0.308. The van der Waals surface area contributed by atoms with E-state index in [0.717, 1.165) is 0 Å². The van der Waals surface area contributed by atoms with Crippen molar-refractivity contribution in [2.75, 3.05) is 6.54 Å². The fourth-order valence-corrected chi connectivity index (χ4v) is 2.66. The van der Waals surface area contributed by atoms with Gasteiger partial charge in [-0.25, -0.2) is 4.39 Å². The van der Waals surface area contributed by atoms with E-state index in [1.807, 2.05) is 13.0 Å². The molecule has 0 aliphatic rings. The van der Waals surface area contributed by atoms with Crippen LogP contribution in [0.3, 0.4) is 0 Å². The molecule has 2 aromatic rings. The summed E-state index contributed by atoms with van der Waals surface area (Å²) < 4.78 is 17.6. The quantitative estimate of drug-likeness (QED) is 0.943. The molecule has 0 aliphatic carbocycles. The van der Waals surface area contributed by atoms with E-state index in [2.05, 4.69) is 21.0 Å². The summed E-state index contributed by atoms with van der Waals surface area (Å²) in [6.45, 7) is 2.39. The van der Waals surface area contributed by atoms with Crippen LogP contribution < -0.4 is 5.73 Å². The van der Waals surface area contributed by atoms with Gasteiger partial charge in [0, 0.05) is 13.1 Å². The Morgan fingerprint density at radius 1 is 1.39 bits per heavy atom. The first-order valence-corrected chi connectivity index (χ1v) is 6.59. The fourth-order valence-electron chi connectivity index (χ4n) is 2.05. The van der Waals surface area contributed by atoms with E-state index in [9.17, 15) is 0 Å². The van der Waals surface area contributed by atoms with Crippen LogP contribution in [-0.4, -0.2) is 16.3 Å². The second-order valence-electron chi connectivity index (χ2n) is 4.03. The summed E-state index contributed by atoms with van der Waals surface area (Å²) in [7, 11) is 0. The van der Waals surface area contributed by atoms with Crippen molar-refractivity contribution in [1.82, 2.24) is 9.78 Å². The third-order valence-electron chi connectivity index (χ3n) is 2.98. The molecule has 0 saturated heterocycles. The zero-order chi connectivity index (χ0) is 13.2. The van der Waals surface area contributed by atoms with Gasteiger partial charge in [-0.2, -0.15) is 5.10 Å². The lowest BCUT2D eigenvalue weighted by molar-refractivity contribution is 0.214. The van der Waals surface area contributed by atoms with Crippen molar-refractivity contribution in [2.24, 2.45) is 5.73 Å². The van der Waals surface area contributed by atoms with Crippen LogP contribution in [-0.2, 0) is 12.2 Å². The van der Waals surface area contributed by atoms with Gasteiger partial charge in [0.2, 0.25) is 0 Å². The van der Waals surface area contributed by atoms with E-state index >= 15 is 4.39 Å². The molecule has 18 heavy (non-hydrogen) atoms. The zero-order valence-corrected chi connectivity index (χ0v) is 11.7. The number of aromatic nitrogens is 2. The van der Waals surface area contributed by atoms with Crippen LogP contribution in [0.15, 0.2) is 41.0 Å². The van der Waals surface area contributed by atoms with Gasteiger partial charge in [-0.05, 0) is 28.4 Å². The average molecular weight is 312 g/mol. The van der Waals surface area contributed by atoms with Crippen molar-refractivity contribution in [2.45, 2.75) is 19.1 Å². The van der Waals surface area contributed by atoms with E-state index in [1.54, 1.807) is 35.1 Å². The lowest BCUT2D eigenvalue weighted by Gasteiger charge is -2.25. The maximum absolute atomic E-state index is 15.3. The molecule has 0 bridgehead atoms. The molecule has 1 atom stereocenters. The van der Waals surface area contributed by atoms with E-state index in [-0.39, 0.29) is 6.54 Å². The molecule has 1 unspecified atom stereocenters. The Hall–Kier alpha value is -1.20. The van der Waals surface area contributed by atoms with Crippen molar-refractivity contribution in [3.8, 4) is 0 Å². The number of benzene rings is 1. The van der Waals surface area contributed by atoms with Crippen molar-refractivity contribution >= 4 is 15.9 Å². The average Bonchev–Trinajstić information content (AvgIpc) is 2.80. The molecule has 2 N–H and O–H groups in total. The molecular formula is C13H15BrFN3. The molecule has 0 aliphatic heterocycles. The third-order valence-corrected chi connectivity index (χ3v) is 3.56. The van der Waals surface area contributed by atoms with Crippen molar-refractivity contribution < 1.29 is 4.39 Å². The maximum atomic E-state index is 15.3. The standard InChI is InChI=1S/C13H15BrFN3/c1-2-18-12(11(14)8-17-18)13(15,9-16)10-6-4-3-5-7-10/h3-8H,2,9,16H2,1H3. The number of nitrogens with zero attached hydrogens (tertiary/aromatic N) is 2. The van der Waals surface area contributed by atoms with Gasteiger partial charge in [-0.1, -0.05) is 30.3 Å². The molecule has 1 aromatic carbocycles. The molecule has 0 fully saturated rings. The molecule has 96 valence electrons. The largest absolute Gasteiger partial charge is 0.327 e. The summed E-state index contributed by atoms with van der Waals surface area (Å²) in [6, 6.07) is 8.95. The second-order valence-corrected chi connectivity index (χ2v) is 4.88. The number of halogens is 2. The van der Waals surface area contributed by atoms with Gasteiger partial charge in [0.1, 0.15) is 0 Å². The number of aryl methyl sites for hydroxylation is 1. The van der Waals surface area contributed by atoms with Crippen molar-refractivity contribution in [3.63, 3.8) is 0 Å². The summed E-state index contributed by atoms with van der Waals surface area (Å²) in [5.74, 6) is 0. The Labute approximate surface area is 114 Å². The van der Waals surface area contributed by atoms with Crippen LogP contribution in [0.5, 0.6) is 0 Å². The number of rotatable bonds is 4. The van der Waals surface area contributed by atoms with Gasteiger partial charge >= 0.3 is 0 Å². The first kappa shape index (κ1) is 13.2. The predicted molar refractivity (Wildman–Crippen MR) is 73.0 cm³/mol. The van der Waals surface area contributed by atoms with Gasteiger partial charge in [-0.3, -0.25) is 4.68 Å². The number of hydrogen-bond acceptors (Lipinski definition) is 2. The van der Waals surface area contributed by atoms with Gasteiger partial charge in [0.15, 0.2) is 5.67 Å². The molecular weight excluding hydrogens is 297 g/mol. The van der Waals surface area contributed by atoms with E-state index in [4.69, 9.17) is 5.73 Å². The van der Waals surface area contributed by atoms with Crippen LogP contribution in [0, 0.1) is 0 Å². The first-order chi connectivity index (χ1) is 8.63. The second kappa shape index (κ2) is 5.20. The first-order valence-electron chi connectivity index (χ1n) is 5.79. The molecule has 1 heterocycles. The zero-order valence-electron chi connectivity index (χ0n) is 10.1. The maximum Gasteiger partial charge on any atom is 0.190 e. The monoisotopic (exact) mass is 311 g/mol. The highest BCUT2D eigenvalue weighted by atomic mass is 79.9. The predicted octanol–water partition coefficient (Wildman–Crippen LogP) is 2.84. The molecule has 1 aromatic heterocycles. The SMILES string of the molecule is CCn1ncc(Br)c1C(F)(CN)c1ccccc1. The minimum Gasteiger partial charge on any atom is -0.327 e. The minimum atomic E-state index is -1.73. The van der Waals surface area contributed by atoms with E-state index in [1.165, 1.54) is 0 Å². The van der Waals surface area contributed by atoms with Gasteiger partial charge in [0.05, 0.1) is 16.4 Å². The topological polar surface area (TPSA) is 43.8 Å². The smallest absolute Gasteiger partial charge is 0.190 e. The van der Waals surface area contributed by atoms with Crippen molar-refractivity contribution in [3.05, 3.63) is 52.3 Å². The number of nitrogens with two attached hydrogens (primary N) is 1. The van der Waals surface area contributed by atoms with Crippen LogP contribution in [0.25, 0.3) is 0 Å². The summed E-state index contributed by atoms with van der Waals surface area (Å²) >= 11 is 3.35. The van der Waals surface area contributed by atoms with E-state index in [0.29, 0.717) is 22.3 Å². The number of alkyl halides is 1. The molecule has 0 amide bonds. The van der Waals surface area contributed by atoms with Crippen molar-refractivity contribution in [1.29, 1.82) is 0 Å². The van der Waals surface area contributed by atoms with Crippen LogP contribution >= 0.6 is 15.9 Å². The Bertz CT molecular complexity index is 526. The Morgan fingerprint density at radius 3 is 2.61 bits per heavy atom. The summed E-state index contributed by atoms with van der Waals surface area (Å²) in [5.41, 5.74) is 4.97. The molecule has 5 heteroatoms. The number of hydrogen-bond donors (Lipinski definition) is 1. The summed E-state index contributed by atoms with van der Waals surface area (Å²) in [5, 5.41) is 4.15. The molecule has 0 spiro atoms. The Kier molecular flexibility index (Phi) is 3.82. The molecule has 3 nitrogen and oxygen atoms in total. The highest BCUT2D eigenvalue weighted by molar-refractivity contribution is 9.10. The van der Waals surface area contributed by atoms with E-state index < -0.39 is 5.67 Å². The molecule has 0 saturated carbocycles. The normalized spacial score (nSPS) is 14.4. The minimum absolute atomic E-state index is 0.124. The highest BCUT2D eigenvalue weighted by Crippen LogP contribution is 2.37. The lowest BCUT2D eigenvalue weighted by Crippen LogP contribution is -2.34.